The van der Waals surface area contributed by atoms with Crippen molar-refractivity contribution < 1.29 is 9.53 Å². The molecule has 2 heterocycles. The van der Waals surface area contributed by atoms with Crippen molar-refractivity contribution in [1.82, 2.24) is 9.88 Å². The molecule has 2 aromatic rings. The van der Waals surface area contributed by atoms with Crippen LogP contribution in [-0.4, -0.2) is 48.6 Å². The highest BCUT2D eigenvalue weighted by Gasteiger charge is 2.26. The second-order valence-corrected chi connectivity index (χ2v) is 6.17. The van der Waals surface area contributed by atoms with E-state index in [-0.39, 0.29) is 11.9 Å². The van der Waals surface area contributed by atoms with E-state index in [1.165, 1.54) is 11.3 Å². The minimum atomic E-state index is -0.0141. The maximum Gasteiger partial charge on any atom is 0.273 e. The van der Waals surface area contributed by atoms with Crippen LogP contribution in [0.1, 0.15) is 17.4 Å². The van der Waals surface area contributed by atoms with Gasteiger partial charge in [-0.05, 0) is 19.1 Å². The number of aromatic nitrogens is 1. The lowest BCUT2D eigenvalue weighted by atomic mass is 10.2. The van der Waals surface area contributed by atoms with Gasteiger partial charge in [0.05, 0.1) is 19.3 Å². The van der Waals surface area contributed by atoms with Crippen molar-refractivity contribution in [3.63, 3.8) is 0 Å². The molecule has 1 aromatic heterocycles. The third-order valence-corrected chi connectivity index (χ3v) is 4.69. The Kier molecular flexibility index (Phi) is 4.40. The van der Waals surface area contributed by atoms with Crippen molar-refractivity contribution in [2.75, 3.05) is 31.7 Å². The van der Waals surface area contributed by atoms with Crippen molar-refractivity contribution in [2.45, 2.75) is 13.0 Å². The van der Waals surface area contributed by atoms with E-state index in [1.54, 1.807) is 0 Å². The van der Waals surface area contributed by atoms with Gasteiger partial charge in [-0.1, -0.05) is 18.2 Å². The summed E-state index contributed by atoms with van der Waals surface area (Å²) >= 11 is 1.48. The molecule has 1 fully saturated rings. The fraction of sp³-hybridized carbons (Fsp3) is 0.375. The molecule has 1 amide bonds. The average Bonchev–Trinajstić information content (AvgIpc) is 3.05. The minimum absolute atomic E-state index is 0.0141. The zero-order valence-corrected chi connectivity index (χ0v) is 13.5. The number of para-hydroxylation sites is 1. The summed E-state index contributed by atoms with van der Waals surface area (Å²) < 4.78 is 5.38. The van der Waals surface area contributed by atoms with Gasteiger partial charge in [-0.25, -0.2) is 4.98 Å². The highest BCUT2D eigenvalue weighted by Crippen LogP contribution is 2.27. The molecule has 1 aliphatic rings. The molecule has 0 radical (unpaired) electrons. The number of anilines is 2. The molecule has 0 bridgehead atoms. The van der Waals surface area contributed by atoms with Crippen LogP contribution in [0.4, 0.5) is 10.8 Å². The zero-order chi connectivity index (χ0) is 15.5. The zero-order valence-electron chi connectivity index (χ0n) is 12.7. The van der Waals surface area contributed by atoms with Gasteiger partial charge in [0, 0.05) is 24.7 Å². The van der Waals surface area contributed by atoms with Crippen LogP contribution in [-0.2, 0) is 4.74 Å². The number of carbonyl (C=O) groups is 1. The summed E-state index contributed by atoms with van der Waals surface area (Å²) in [6.07, 6.45) is 0. The van der Waals surface area contributed by atoms with Crippen LogP contribution in [0.5, 0.6) is 0 Å². The van der Waals surface area contributed by atoms with E-state index in [0.717, 1.165) is 10.8 Å². The maximum absolute atomic E-state index is 12.6. The predicted octanol–water partition coefficient (Wildman–Crippen LogP) is 2.77. The predicted molar refractivity (Wildman–Crippen MR) is 87.9 cm³/mol. The molecular formula is C16H19N3O2S. The Morgan fingerprint density at radius 1 is 1.41 bits per heavy atom. The number of nitrogens with zero attached hydrogens (tertiary/aromatic N) is 3. The smallest absolute Gasteiger partial charge is 0.273 e. The molecule has 1 saturated heterocycles. The van der Waals surface area contributed by atoms with Gasteiger partial charge in [-0.3, -0.25) is 4.79 Å². The summed E-state index contributed by atoms with van der Waals surface area (Å²) in [5, 5.41) is 2.65. The molecule has 0 aliphatic carbocycles. The van der Waals surface area contributed by atoms with Crippen LogP contribution in [0.2, 0.25) is 0 Å². The Morgan fingerprint density at radius 3 is 2.91 bits per heavy atom. The lowest BCUT2D eigenvalue weighted by Gasteiger charge is -2.32. The second-order valence-electron chi connectivity index (χ2n) is 5.33. The van der Waals surface area contributed by atoms with Gasteiger partial charge in [0.25, 0.3) is 5.91 Å². The maximum atomic E-state index is 12.6. The molecule has 0 saturated carbocycles. The summed E-state index contributed by atoms with van der Waals surface area (Å²) in [5.41, 5.74) is 1.56. The largest absolute Gasteiger partial charge is 0.377 e. The monoisotopic (exact) mass is 317 g/mol. The molecule has 1 atom stereocenters. The minimum Gasteiger partial charge on any atom is -0.377 e. The van der Waals surface area contributed by atoms with Gasteiger partial charge in [-0.15, -0.1) is 11.3 Å². The Labute approximate surface area is 134 Å². The molecular weight excluding hydrogens is 298 g/mol. The average molecular weight is 317 g/mol. The first-order valence-electron chi connectivity index (χ1n) is 7.30. The quantitative estimate of drug-likeness (QED) is 0.873. The summed E-state index contributed by atoms with van der Waals surface area (Å²) in [4.78, 5) is 20.9. The topological polar surface area (TPSA) is 45.7 Å². The Bertz CT molecular complexity index is 644. The van der Waals surface area contributed by atoms with Gasteiger partial charge >= 0.3 is 0 Å². The number of ether oxygens (including phenoxy) is 1. The molecule has 6 heteroatoms. The first-order chi connectivity index (χ1) is 10.7. The summed E-state index contributed by atoms with van der Waals surface area (Å²) in [6, 6.07) is 10.1. The van der Waals surface area contributed by atoms with Crippen molar-refractivity contribution in [1.29, 1.82) is 0 Å². The van der Waals surface area contributed by atoms with Gasteiger partial charge in [0.2, 0.25) is 0 Å². The lowest BCUT2D eigenvalue weighted by Crippen LogP contribution is -2.47. The molecule has 116 valence electrons. The van der Waals surface area contributed by atoms with E-state index in [2.05, 4.69) is 4.98 Å². The van der Waals surface area contributed by atoms with Crippen molar-refractivity contribution in [2.24, 2.45) is 0 Å². The van der Waals surface area contributed by atoms with Crippen molar-refractivity contribution in [3.8, 4) is 0 Å². The van der Waals surface area contributed by atoms with Gasteiger partial charge < -0.3 is 14.5 Å². The summed E-state index contributed by atoms with van der Waals surface area (Å²) in [5.74, 6) is -0.0141. The highest BCUT2D eigenvalue weighted by atomic mass is 32.1. The van der Waals surface area contributed by atoms with E-state index in [4.69, 9.17) is 4.74 Å². The van der Waals surface area contributed by atoms with Crippen LogP contribution >= 0.6 is 11.3 Å². The third-order valence-electron chi connectivity index (χ3n) is 3.77. The number of thiazole rings is 1. The van der Waals surface area contributed by atoms with Crippen molar-refractivity contribution in [3.05, 3.63) is 41.4 Å². The molecule has 1 aliphatic heterocycles. The van der Waals surface area contributed by atoms with Crippen LogP contribution in [0.15, 0.2) is 35.7 Å². The standard InChI is InChI=1S/C16H19N3O2S/c1-12-10-21-9-8-19(12)15(20)14-11-22-16(17-14)18(2)13-6-4-3-5-7-13/h3-7,11-12H,8-10H2,1-2H3/t12-/m0/s1. The molecule has 3 rings (SSSR count). The molecule has 0 N–H and O–H groups in total. The number of morpholine rings is 1. The highest BCUT2D eigenvalue weighted by molar-refractivity contribution is 7.14. The summed E-state index contributed by atoms with van der Waals surface area (Å²) in [6.45, 7) is 3.81. The normalized spacial score (nSPS) is 18.3. The first-order valence-corrected chi connectivity index (χ1v) is 8.18. The third kappa shape index (κ3) is 2.98. The fourth-order valence-electron chi connectivity index (χ4n) is 2.45. The van der Waals surface area contributed by atoms with Crippen molar-refractivity contribution >= 4 is 28.1 Å². The first kappa shape index (κ1) is 15.0. The van der Waals surface area contributed by atoms with Gasteiger partial charge in [-0.2, -0.15) is 0 Å². The number of hydrogen-bond acceptors (Lipinski definition) is 5. The molecule has 5 nitrogen and oxygen atoms in total. The number of benzene rings is 1. The van der Waals surface area contributed by atoms with E-state index in [1.807, 2.05) is 59.5 Å². The Balaban J connectivity index is 1.77. The van der Waals surface area contributed by atoms with E-state index >= 15 is 0 Å². The molecule has 0 spiro atoms. The molecule has 1 aromatic carbocycles. The Morgan fingerprint density at radius 2 is 2.18 bits per heavy atom. The summed E-state index contributed by atoms with van der Waals surface area (Å²) in [7, 11) is 1.96. The SMILES string of the molecule is C[C@H]1COCCN1C(=O)c1csc(N(C)c2ccccc2)n1. The van der Waals surface area contributed by atoms with Gasteiger partial charge in [0.1, 0.15) is 5.69 Å². The van der Waals surface area contributed by atoms with Crippen LogP contribution in [0.3, 0.4) is 0 Å². The lowest BCUT2D eigenvalue weighted by molar-refractivity contribution is 0.00332. The fourth-order valence-corrected chi connectivity index (χ4v) is 3.24. The van der Waals surface area contributed by atoms with E-state index < -0.39 is 0 Å². The van der Waals surface area contributed by atoms with Gasteiger partial charge in [0.15, 0.2) is 5.13 Å². The number of carbonyl (C=O) groups excluding carboxylic acids is 1. The Hall–Kier alpha value is -1.92. The van der Waals surface area contributed by atoms with E-state index in [9.17, 15) is 4.79 Å². The molecule has 22 heavy (non-hydrogen) atoms. The number of hydrogen-bond donors (Lipinski definition) is 0. The second kappa shape index (κ2) is 6.46. The van der Waals surface area contributed by atoms with E-state index in [0.29, 0.717) is 25.5 Å². The number of amides is 1. The molecule has 0 unspecified atom stereocenters. The van der Waals surface area contributed by atoms with Crippen LogP contribution in [0, 0.1) is 0 Å². The van der Waals surface area contributed by atoms with Crippen LogP contribution < -0.4 is 4.90 Å². The number of rotatable bonds is 3. The van der Waals surface area contributed by atoms with Crippen LogP contribution in [0.25, 0.3) is 0 Å².